The molecule has 4 rings (SSSR count). The Morgan fingerprint density at radius 1 is 1.04 bits per heavy atom. The van der Waals surface area contributed by atoms with E-state index in [1.807, 2.05) is 55.5 Å². The summed E-state index contributed by atoms with van der Waals surface area (Å²) < 4.78 is 2.06. The number of carbonyl (C=O) groups excluding carboxylic acids is 1. The molecule has 2 aromatic heterocycles. The molecule has 0 amide bonds. The van der Waals surface area contributed by atoms with Gasteiger partial charge in [0, 0.05) is 5.39 Å². The fourth-order valence-electron chi connectivity index (χ4n) is 2.63. The van der Waals surface area contributed by atoms with Crippen LogP contribution in [0.15, 0.2) is 53.7 Å². The Labute approximate surface area is 137 Å². The normalized spacial score (nSPS) is 13.0. The van der Waals surface area contributed by atoms with E-state index < -0.39 is 0 Å². The number of thioether (sulfide) groups is 1. The number of aromatic nitrogens is 3. The maximum absolute atomic E-state index is 11.7. The molecule has 0 bridgehead atoms. The van der Waals surface area contributed by atoms with Crippen molar-refractivity contribution >= 4 is 45.1 Å². The van der Waals surface area contributed by atoms with Gasteiger partial charge in [-0.3, -0.25) is 9.20 Å². The van der Waals surface area contributed by atoms with Crippen LogP contribution in [0.2, 0.25) is 0 Å². The molecule has 2 aromatic carbocycles. The van der Waals surface area contributed by atoms with Crippen LogP contribution >= 0.6 is 11.8 Å². The Balaban J connectivity index is 2.11. The number of hydrogen-bond donors (Lipinski definition) is 0. The zero-order valence-corrected chi connectivity index (χ0v) is 13.7. The third kappa shape index (κ3) is 2.28. The second kappa shape index (κ2) is 5.35. The summed E-state index contributed by atoms with van der Waals surface area (Å²) >= 11 is 1.48. The highest BCUT2D eigenvalue weighted by Crippen LogP contribution is 2.30. The summed E-state index contributed by atoms with van der Waals surface area (Å²) in [6.45, 7) is 3.52. The molecule has 0 unspecified atom stereocenters. The fraction of sp³-hybridized carbons (Fsp3) is 0.167. The van der Waals surface area contributed by atoms with Gasteiger partial charge in [0.05, 0.1) is 21.8 Å². The van der Waals surface area contributed by atoms with Crippen molar-refractivity contribution in [2.75, 3.05) is 0 Å². The van der Waals surface area contributed by atoms with Crippen molar-refractivity contribution in [2.24, 2.45) is 0 Å². The Kier molecular flexibility index (Phi) is 3.31. The summed E-state index contributed by atoms with van der Waals surface area (Å²) in [4.78, 5) is 21.2. The van der Waals surface area contributed by atoms with E-state index in [2.05, 4.69) is 4.40 Å². The third-order valence-corrected chi connectivity index (χ3v) is 5.14. The number of rotatable bonds is 3. The largest absolute Gasteiger partial charge is 0.299 e. The number of imidazole rings is 1. The van der Waals surface area contributed by atoms with Gasteiger partial charge in [-0.1, -0.05) is 36.0 Å². The minimum atomic E-state index is -0.145. The van der Waals surface area contributed by atoms with E-state index in [1.165, 1.54) is 11.8 Å². The van der Waals surface area contributed by atoms with E-state index in [4.69, 9.17) is 9.97 Å². The molecule has 0 saturated heterocycles. The van der Waals surface area contributed by atoms with E-state index in [-0.39, 0.29) is 11.0 Å². The Hall–Kier alpha value is -2.40. The molecule has 0 aliphatic carbocycles. The van der Waals surface area contributed by atoms with Crippen LogP contribution in [-0.4, -0.2) is 25.4 Å². The first-order valence-electron chi connectivity index (χ1n) is 7.48. The smallest absolute Gasteiger partial charge is 0.175 e. The van der Waals surface area contributed by atoms with Crippen LogP contribution in [0.5, 0.6) is 0 Å². The minimum absolute atomic E-state index is 0.141. The Morgan fingerprint density at radius 3 is 2.52 bits per heavy atom. The Morgan fingerprint density at radius 2 is 1.74 bits per heavy atom. The molecule has 0 radical (unpaired) electrons. The third-order valence-electron chi connectivity index (χ3n) is 3.97. The van der Waals surface area contributed by atoms with Gasteiger partial charge >= 0.3 is 0 Å². The predicted molar refractivity (Wildman–Crippen MR) is 94.0 cm³/mol. The number of ketones is 1. The highest BCUT2D eigenvalue weighted by molar-refractivity contribution is 8.00. The van der Waals surface area contributed by atoms with E-state index in [1.54, 1.807) is 6.92 Å². The first-order chi connectivity index (χ1) is 11.1. The second-order valence-corrected chi connectivity index (χ2v) is 6.85. The van der Waals surface area contributed by atoms with Crippen molar-refractivity contribution < 1.29 is 4.79 Å². The molecule has 4 nitrogen and oxygen atoms in total. The molecule has 0 aliphatic rings. The molecule has 5 heteroatoms. The molecule has 1 atom stereocenters. The lowest BCUT2D eigenvalue weighted by Crippen LogP contribution is -2.10. The number of nitrogens with zero attached hydrogens (tertiary/aromatic N) is 3. The summed E-state index contributed by atoms with van der Waals surface area (Å²) in [5.41, 5.74) is 3.73. The van der Waals surface area contributed by atoms with Gasteiger partial charge in [-0.15, -0.1) is 0 Å². The van der Waals surface area contributed by atoms with Crippen LogP contribution in [0.25, 0.3) is 27.6 Å². The lowest BCUT2D eigenvalue weighted by molar-refractivity contribution is -0.116. The predicted octanol–water partition coefficient (Wildman–Crippen LogP) is 4.11. The zero-order chi connectivity index (χ0) is 16.0. The summed E-state index contributed by atoms with van der Waals surface area (Å²) in [6, 6.07) is 16.0. The van der Waals surface area contributed by atoms with Crippen molar-refractivity contribution in [1.82, 2.24) is 14.4 Å². The molecule has 0 saturated carbocycles. The summed E-state index contributed by atoms with van der Waals surface area (Å²) in [6.07, 6.45) is 0. The summed E-state index contributed by atoms with van der Waals surface area (Å²) in [7, 11) is 0. The fourth-order valence-corrected chi connectivity index (χ4v) is 3.56. The second-order valence-electron chi connectivity index (χ2n) is 5.54. The average molecular weight is 321 g/mol. The number of fused-ring (bicyclic) bond motifs is 5. The number of carbonyl (C=O) groups is 1. The standard InChI is InChI=1S/C18H15N3OS/c1-11(22)12(2)23-18-20-14-8-4-3-7-13(14)17-19-15-9-5-6-10-16(15)21(17)18/h3-10,12H,1-2H3/t12-/m1/s1. The monoisotopic (exact) mass is 321 g/mol. The van der Waals surface area contributed by atoms with E-state index in [0.29, 0.717) is 0 Å². The lowest BCUT2D eigenvalue weighted by atomic mass is 10.2. The number of benzene rings is 2. The molecule has 0 aliphatic heterocycles. The van der Waals surface area contributed by atoms with E-state index in [0.717, 1.165) is 32.7 Å². The summed E-state index contributed by atoms with van der Waals surface area (Å²) in [5, 5.41) is 1.67. The number of hydrogen-bond acceptors (Lipinski definition) is 4. The molecule has 4 aromatic rings. The molecule has 0 spiro atoms. The van der Waals surface area contributed by atoms with Gasteiger partial charge in [0.1, 0.15) is 11.4 Å². The van der Waals surface area contributed by atoms with Crippen LogP contribution in [0.4, 0.5) is 0 Å². The number of para-hydroxylation sites is 3. The minimum Gasteiger partial charge on any atom is -0.299 e. The quantitative estimate of drug-likeness (QED) is 0.421. The van der Waals surface area contributed by atoms with Gasteiger partial charge in [0.25, 0.3) is 0 Å². The van der Waals surface area contributed by atoms with Crippen molar-refractivity contribution in [3.63, 3.8) is 0 Å². The molecule has 2 heterocycles. The molecule has 23 heavy (non-hydrogen) atoms. The molecule has 0 fully saturated rings. The average Bonchev–Trinajstić information content (AvgIpc) is 2.95. The van der Waals surface area contributed by atoms with Gasteiger partial charge in [-0.05, 0) is 38.1 Å². The maximum Gasteiger partial charge on any atom is 0.175 e. The zero-order valence-electron chi connectivity index (χ0n) is 12.9. The SMILES string of the molecule is CC(=O)[C@@H](C)Sc1nc2ccccc2c2nc3ccccc3n12. The molecular formula is C18H15N3OS. The Bertz CT molecular complexity index is 1050. The van der Waals surface area contributed by atoms with Crippen molar-refractivity contribution in [1.29, 1.82) is 0 Å². The molecule has 0 N–H and O–H groups in total. The van der Waals surface area contributed by atoms with Gasteiger partial charge in [0.2, 0.25) is 0 Å². The topological polar surface area (TPSA) is 47.3 Å². The van der Waals surface area contributed by atoms with Crippen LogP contribution in [-0.2, 0) is 4.79 Å². The molecular weight excluding hydrogens is 306 g/mol. The van der Waals surface area contributed by atoms with Crippen molar-refractivity contribution in [3.05, 3.63) is 48.5 Å². The van der Waals surface area contributed by atoms with E-state index in [9.17, 15) is 4.79 Å². The van der Waals surface area contributed by atoms with Crippen molar-refractivity contribution in [3.8, 4) is 0 Å². The van der Waals surface area contributed by atoms with Crippen LogP contribution in [0.3, 0.4) is 0 Å². The van der Waals surface area contributed by atoms with Gasteiger partial charge in [0.15, 0.2) is 5.16 Å². The highest BCUT2D eigenvalue weighted by Gasteiger charge is 2.17. The van der Waals surface area contributed by atoms with Crippen LogP contribution in [0, 0.1) is 0 Å². The van der Waals surface area contributed by atoms with Crippen LogP contribution < -0.4 is 0 Å². The van der Waals surface area contributed by atoms with Gasteiger partial charge in [-0.2, -0.15) is 0 Å². The highest BCUT2D eigenvalue weighted by atomic mass is 32.2. The maximum atomic E-state index is 11.7. The van der Waals surface area contributed by atoms with Gasteiger partial charge < -0.3 is 0 Å². The lowest BCUT2D eigenvalue weighted by Gasteiger charge is -2.11. The van der Waals surface area contributed by atoms with E-state index >= 15 is 0 Å². The van der Waals surface area contributed by atoms with Crippen LogP contribution in [0.1, 0.15) is 13.8 Å². The molecule has 114 valence electrons. The van der Waals surface area contributed by atoms with Crippen molar-refractivity contribution in [2.45, 2.75) is 24.3 Å². The summed E-state index contributed by atoms with van der Waals surface area (Å²) in [5.74, 6) is 0.141. The van der Waals surface area contributed by atoms with Gasteiger partial charge in [-0.25, -0.2) is 9.97 Å². The first kappa shape index (κ1) is 14.2. The first-order valence-corrected chi connectivity index (χ1v) is 8.36. The number of Topliss-reactive ketones (excluding diaryl/α,β-unsaturated/α-hetero) is 1.